The van der Waals surface area contributed by atoms with Gasteiger partial charge in [-0.25, -0.2) is 4.98 Å². The highest BCUT2D eigenvalue weighted by Crippen LogP contribution is 2.31. The number of aliphatic hydroxyl groups is 1. The Kier molecular flexibility index (Phi) is 10.0. The average molecular weight is 387 g/mol. The Balaban J connectivity index is 0.00000176. The van der Waals surface area contributed by atoms with Crippen molar-refractivity contribution in [1.29, 1.82) is 0 Å². The molecule has 0 radical (unpaired) electrons. The second kappa shape index (κ2) is 11.7. The Hall–Kier alpha value is -1.94. The highest BCUT2D eigenvalue weighted by atomic mass is 35.5. The van der Waals surface area contributed by atoms with Crippen molar-refractivity contribution in [3.63, 3.8) is 0 Å². The first kappa shape index (κ1) is 23.1. The summed E-state index contributed by atoms with van der Waals surface area (Å²) in [6.45, 7) is 16.6. The van der Waals surface area contributed by atoms with E-state index in [0.29, 0.717) is 10.7 Å². The first-order chi connectivity index (χ1) is 13.0. The number of hydrogen-bond donors (Lipinski definition) is 2. The molecule has 1 heterocycles. The van der Waals surface area contributed by atoms with E-state index in [2.05, 4.69) is 30.4 Å². The number of nitrogens with zero attached hydrogens (tertiary/aromatic N) is 1. The van der Waals surface area contributed by atoms with Gasteiger partial charge in [-0.15, -0.1) is 0 Å². The van der Waals surface area contributed by atoms with E-state index >= 15 is 0 Å². The zero-order chi connectivity index (χ0) is 20.4. The third-order valence-electron chi connectivity index (χ3n) is 4.26. The van der Waals surface area contributed by atoms with E-state index in [0.717, 1.165) is 35.3 Å². The third kappa shape index (κ3) is 5.77. The normalized spacial score (nSPS) is 12.5. The van der Waals surface area contributed by atoms with Crippen molar-refractivity contribution in [1.82, 2.24) is 10.3 Å². The molecule has 146 valence electrons. The second-order valence-corrected chi connectivity index (χ2v) is 6.26. The summed E-state index contributed by atoms with van der Waals surface area (Å²) < 4.78 is 0. The fourth-order valence-corrected chi connectivity index (χ4v) is 3.07. The molecule has 0 amide bonds. The molecule has 0 aliphatic carbocycles. The molecular formula is C23H31ClN2O. The average Bonchev–Trinajstić information content (AvgIpc) is 2.72. The van der Waals surface area contributed by atoms with Crippen molar-refractivity contribution in [3.8, 4) is 11.3 Å². The molecule has 2 atom stereocenters. The van der Waals surface area contributed by atoms with Crippen LogP contribution in [-0.2, 0) is 0 Å². The molecule has 2 aromatic rings. The largest absolute Gasteiger partial charge is 0.387 e. The van der Waals surface area contributed by atoms with Crippen LogP contribution in [0.2, 0.25) is 5.02 Å². The molecule has 2 rings (SSSR count). The minimum atomic E-state index is -0.661. The summed E-state index contributed by atoms with van der Waals surface area (Å²) in [6.07, 6.45) is 3.58. The summed E-state index contributed by atoms with van der Waals surface area (Å²) in [7, 11) is 0. The van der Waals surface area contributed by atoms with Gasteiger partial charge in [-0.1, -0.05) is 70.7 Å². The predicted octanol–water partition coefficient (Wildman–Crippen LogP) is 6.14. The lowest BCUT2D eigenvalue weighted by atomic mass is 9.93. The fourth-order valence-electron chi connectivity index (χ4n) is 2.94. The highest BCUT2D eigenvalue weighted by molar-refractivity contribution is 6.30. The summed E-state index contributed by atoms with van der Waals surface area (Å²) >= 11 is 5.98. The van der Waals surface area contributed by atoms with E-state index in [-0.39, 0.29) is 6.04 Å². The summed E-state index contributed by atoms with van der Waals surface area (Å²) in [4.78, 5) is 4.67. The van der Waals surface area contributed by atoms with Gasteiger partial charge in [0.2, 0.25) is 0 Å². The van der Waals surface area contributed by atoms with Gasteiger partial charge in [0.15, 0.2) is 0 Å². The third-order valence-corrected chi connectivity index (χ3v) is 4.52. The van der Waals surface area contributed by atoms with Crippen LogP contribution in [0, 0.1) is 0 Å². The number of nitrogens with one attached hydrogen (secondary N) is 1. The van der Waals surface area contributed by atoms with Crippen molar-refractivity contribution in [2.75, 3.05) is 6.54 Å². The quantitative estimate of drug-likeness (QED) is 0.573. The van der Waals surface area contributed by atoms with E-state index in [1.807, 2.05) is 51.1 Å². The maximum atomic E-state index is 11.0. The molecule has 0 bridgehead atoms. The van der Waals surface area contributed by atoms with Gasteiger partial charge in [0.05, 0.1) is 17.5 Å². The summed E-state index contributed by atoms with van der Waals surface area (Å²) in [5.41, 5.74) is 4.04. The van der Waals surface area contributed by atoms with Gasteiger partial charge >= 0.3 is 0 Å². The number of benzene rings is 1. The second-order valence-electron chi connectivity index (χ2n) is 5.83. The standard InChI is InChI=1S/C21H25ClN2O.C2H6/c1-5-16-17(21(25)19(7-3)23-8-4)13-20(24-18(16)6-2)14-9-11-15(22)12-10-14;1-2/h5-6,9-13,19,21,23,25H,1-2,7-8H2,3-4H3;1-2H3. The monoisotopic (exact) mass is 386 g/mol. The molecule has 0 saturated heterocycles. The van der Waals surface area contributed by atoms with E-state index in [9.17, 15) is 5.11 Å². The molecule has 3 nitrogen and oxygen atoms in total. The molecule has 2 unspecified atom stereocenters. The van der Waals surface area contributed by atoms with Crippen molar-refractivity contribution >= 4 is 23.8 Å². The summed E-state index contributed by atoms with van der Waals surface area (Å²) in [5.74, 6) is 0. The van der Waals surface area contributed by atoms with Crippen LogP contribution < -0.4 is 5.32 Å². The fraction of sp³-hybridized carbons (Fsp3) is 0.348. The van der Waals surface area contributed by atoms with E-state index in [1.54, 1.807) is 12.2 Å². The number of hydrogen-bond acceptors (Lipinski definition) is 3. The van der Waals surface area contributed by atoms with E-state index in [4.69, 9.17) is 11.6 Å². The Bertz CT molecular complexity index is 741. The smallest absolute Gasteiger partial charge is 0.0950 e. The van der Waals surface area contributed by atoms with Gasteiger partial charge in [0, 0.05) is 22.2 Å². The van der Waals surface area contributed by atoms with Gasteiger partial charge < -0.3 is 10.4 Å². The van der Waals surface area contributed by atoms with Gasteiger partial charge in [-0.05, 0) is 42.8 Å². The minimum absolute atomic E-state index is 0.0400. The zero-order valence-electron chi connectivity index (χ0n) is 16.8. The molecule has 2 N–H and O–H groups in total. The van der Waals surface area contributed by atoms with Crippen LogP contribution >= 0.6 is 11.6 Å². The van der Waals surface area contributed by atoms with E-state index < -0.39 is 6.10 Å². The number of aliphatic hydroxyl groups excluding tert-OH is 1. The van der Waals surface area contributed by atoms with Crippen LogP contribution in [0.25, 0.3) is 23.4 Å². The molecule has 0 aliphatic heterocycles. The predicted molar refractivity (Wildman–Crippen MR) is 119 cm³/mol. The first-order valence-electron chi connectivity index (χ1n) is 9.52. The Morgan fingerprint density at radius 2 is 1.78 bits per heavy atom. The molecule has 0 aliphatic rings. The maximum absolute atomic E-state index is 11.0. The molecule has 1 aromatic heterocycles. The lowest BCUT2D eigenvalue weighted by molar-refractivity contribution is 0.127. The molecule has 27 heavy (non-hydrogen) atoms. The zero-order valence-corrected chi connectivity index (χ0v) is 17.6. The number of pyridine rings is 1. The first-order valence-corrected chi connectivity index (χ1v) is 9.90. The van der Waals surface area contributed by atoms with Crippen LogP contribution in [0.4, 0.5) is 0 Å². The molecule has 0 spiro atoms. The van der Waals surface area contributed by atoms with Gasteiger partial charge in [-0.2, -0.15) is 0 Å². The Morgan fingerprint density at radius 3 is 2.26 bits per heavy atom. The van der Waals surface area contributed by atoms with Crippen LogP contribution in [0.15, 0.2) is 43.5 Å². The van der Waals surface area contributed by atoms with Crippen LogP contribution in [-0.4, -0.2) is 22.7 Å². The lowest BCUT2D eigenvalue weighted by Gasteiger charge is -2.25. The Labute approximate surface area is 168 Å². The van der Waals surface area contributed by atoms with Gasteiger partial charge in [-0.3, -0.25) is 0 Å². The van der Waals surface area contributed by atoms with Crippen molar-refractivity contribution in [3.05, 3.63) is 65.3 Å². The van der Waals surface area contributed by atoms with Gasteiger partial charge in [0.25, 0.3) is 0 Å². The van der Waals surface area contributed by atoms with Crippen molar-refractivity contribution < 1.29 is 5.11 Å². The summed E-state index contributed by atoms with van der Waals surface area (Å²) in [6, 6.07) is 9.39. The SMILES string of the molecule is C=Cc1nc(-c2ccc(Cl)cc2)cc(C(O)C(CC)NCC)c1C=C.CC. The van der Waals surface area contributed by atoms with Gasteiger partial charge in [0.1, 0.15) is 0 Å². The van der Waals surface area contributed by atoms with Crippen LogP contribution in [0.5, 0.6) is 0 Å². The maximum Gasteiger partial charge on any atom is 0.0950 e. The molecule has 4 heteroatoms. The summed E-state index contributed by atoms with van der Waals surface area (Å²) in [5, 5.41) is 15.0. The van der Waals surface area contributed by atoms with E-state index in [1.165, 1.54) is 0 Å². The van der Waals surface area contributed by atoms with Crippen molar-refractivity contribution in [2.24, 2.45) is 0 Å². The minimum Gasteiger partial charge on any atom is -0.387 e. The number of aromatic nitrogens is 1. The molecule has 0 saturated carbocycles. The topological polar surface area (TPSA) is 45.2 Å². The number of likely N-dealkylation sites (N-methyl/N-ethyl adjacent to an activating group) is 1. The molecule has 0 fully saturated rings. The number of halogens is 1. The van der Waals surface area contributed by atoms with Crippen LogP contribution in [0.1, 0.15) is 57.0 Å². The van der Waals surface area contributed by atoms with Crippen LogP contribution in [0.3, 0.4) is 0 Å². The number of rotatable bonds is 8. The lowest BCUT2D eigenvalue weighted by Crippen LogP contribution is -2.34. The van der Waals surface area contributed by atoms with Crippen molar-refractivity contribution in [2.45, 2.75) is 46.3 Å². The molecular weight excluding hydrogens is 356 g/mol. The highest BCUT2D eigenvalue weighted by Gasteiger charge is 2.23. The molecule has 1 aromatic carbocycles. The Morgan fingerprint density at radius 1 is 1.15 bits per heavy atom.